The summed E-state index contributed by atoms with van der Waals surface area (Å²) in [5, 5.41) is 0. The maximum Gasteiger partial charge on any atom is 0.262 e. The molecule has 0 radical (unpaired) electrons. The molecule has 0 N–H and O–H groups in total. The number of imidazole rings is 1. The monoisotopic (exact) mass is 319 g/mol. The van der Waals surface area contributed by atoms with E-state index in [0.717, 1.165) is 6.42 Å². The van der Waals surface area contributed by atoms with Crippen molar-refractivity contribution in [2.75, 3.05) is 0 Å². The van der Waals surface area contributed by atoms with Crippen LogP contribution in [0, 0.1) is 27.7 Å². The van der Waals surface area contributed by atoms with Gasteiger partial charge in [-0.2, -0.15) is 0 Å². The predicted octanol–water partition coefficient (Wildman–Crippen LogP) is 4.39. The lowest BCUT2D eigenvalue weighted by Crippen LogP contribution is -2.41. The van der Waals surface area contributed by atoms with Gasteiger partial charge < -0.3 is 0 Å². The van der Waals surface area contributed by atoms with Gasteiger partial charge in [-0.1, -0.05) is 24.3 Å². The summed E-state index contributed by atoms with van der Waals surface area (Å²) in [5.41, 5.74) is 11.4. The molecule has 0 spiro atoms. The Labute approximate surface area is 144 Å². The van der Waals surface area contributed by atoms with Crippen molar-refractivity contribution in [3.8, 4) is 0 Å². The minimum absolute atomic E-state index is 0.0391. The molecule has 3 aromatic rings. The van der Waals surface area contributed by atoms with Crippen LogP contribution in [-0.4, -0.2) is 4.57 Å². The third-order valence-electron chi connectivity index (χ3n) is 6.41. The second kappa shape index (κ2) is 4.72. The van der Waals surface area contributed by atoms with E-state index in [1.54, 1.807) is 0 Å². The largest absolute Gasteiger partial charge is 0.262 e. The Kier molecular flexibility index (Phi) is 3.04. The summed E-state index contributed by atoms with van der Waals surface area (Å²) in [6, 6.07) is 8.92. The topological polar surface area (TPSA) is 8.81 Å². The molecule has 2 aromatic carbocycles. The molecule has 4 rings (SSSR count). The summed E-state index contributed by atoms with van der Waals surface area (Å²) in [6.45, 7) is 13.8. The fraction of sp³-hybridized carbons (Fsp3) is 0.409. The standard InChI is InChI=1S/C22H27N2/c1-13-14(2)16(4)21-20(15(13)3)23(7)19-12-17-10-8-9-11-18(17)22(5,6)24(19)21/h8-11H,12H2,1-7H3/q+1. The summed E-state index contributed by atoms with van der Waals surface area (Å²) >= 11 is 0. The molecule has 2 heterocycles. The van der Waals surface area contributed by atoms with Crippen molar-refractivity contribution in [2.24, 2.45) is 7.05 Å². The van der Waals surface area contributed by atoms with E-state index in [1.807, 2.05) is 0 Å². The molecule has 0 saturated heterocycles. The van der Waals surface area contributed by atoms with E-state index in [4.69, 9.17) is 0 Å². The van der Waals surface area contributed by atoms with Gasteiger partial charge in [-0.05, 0) is 58.2 Å². The first kappa shape index (κ1) is 15.4. The lowest BCUT2D eigenvalue weighted by atomic mass is 9.84. The molecule has 1 aliphatic heterocycles. The van der Waals surface area contributed by atoms with Gasteiger partial charge in [0, 0.05) is 16.7 Å². The normalized spacial score (nSPS) is 15.5. The number of rotatable bonds is 0. The van der Waals surface area contributed by atoms with Crippen molar-refractivity contribution in [2.45, 2.75) is 53.5 Å². The van der Waals surface area contributed by atoms with Gasteiger partial charge in [-0.25, -0.2) is 9.13 Å². The van der Waals surface area contributed by atoms with Gasteiger partial charge in [-0.3, -0.25) is 0 Å². The molecule has 124 valence electrons. The summed E-state index contributed by atoms with van der Waals surface area (Å²) in [7, 11) is 2.24. The number of benzene rings is 2. The van der Waals surface area contributed by atoms with E-state index in [2.05, 4.69) is 82.0 Å². The van der Waals surface area contributed by atoms with Crippen molar-refractivity contribution in [3.63, 3.8) is 0 Å². The van der Waals surface area contributed by atoms with E-state index in [1.165, 1.54) is 50.2 Å². The Balaban J connectivity index is 2.22. The summed E-state index contributed by atoms with van der Waals surface area (Å²) in [4.78, 5) is 0. The molecular formula is C22H27N2+. The van der Waals surface area contributed by atoms with E-state index in [-0.39, 0.29) is 5.54 Å². The minimum atomic E-state index is -0.0391. The highest BCUT2D eigenvalue weighted by Gasteiger charge is 2.42. The third kappa shape index (κ3) is 1.69. The van der Waals surface area contributed by atoms with Crippen molar-refractivity contribution in [3.05, 3.63) is 63.5 Å². The van der Waals surface area contributed by atoms with Crippen LogP contribution in [0.5, 0.6) is 0 Å². The Hall–Kier alpha value is -2.09. The molecule has 1 aliphatic rings. The molecule has 2 heteroatoms. The van der Waals surface area contributed by atoms with Crippen LogP contribution in [0.4, 0.5) is 0 Å². The van der Waals surface area contributed by atoms with Crippen LogP contribution >= 0.6 is 0 Å². The first-order chi connectivity index (χ1) is 11.3. The number of hydrogen-bond donors (Lipinski definition) is 0. The maximum atomic E-state index is 2.60. The van der Waals surface area contributed by atoms with Crippen LogP contribution in [0.1, 0.15) is 53.1 Å². The quantitative estimate of drug-likeness (QED) is 0.544. The Morgan fingerprint density at radius 3 is 2.25 bits per heavy atom. The van der Waals surface area contributed by atoms with Crippen molar-refractivity contribution >= 4 is 11.0 Å². The molecule has 1 aromatic heterocycles. The van der Waals surface area contributed by atoms with E-state index in [9.17, 15) is 0 Å². The van der Waals surface area contributed by atoms with Gasteiger partial charge in [0.05, 0.1) is 13.5 Å². The van der Waals surface area contributed by atoms with Gasteiger partial charge in [-0.15, -0.1) is 0 Å². The maximum absolute atomic E-state index is 2.60. The fourth-order valence-electron chi connectivity index (χ4n) is 4.73. The van der Waals surface area contributed by atoms with E-state index < -0.39 is 0 Å². The molecule has 2 nitrogen and oxygen atoms in total. The zero-order valence-electron chi connectivity index (χ0n) is 15.9. The number of fused-ring (bicyclic) bond motifs is 4. The van der Waals surface area contributed by atoms with E-state index in [0.29, 0.717) is 0 Å². The highest BCUT2D eigenvalue weighted by Crippen LogP contribution is 2.40. The minimum Gasteiger partial charge on any atom is -0.229 e. The Bertz CT molecular complexity index is 1000. The number of aromatic nitrogens is 2. The van der Waals surface area contributed by atoms with Gasteiger partial charge in [0.15, 0.2) is 11.0 Å². The van der Waals surface area contributed by atoms with Crippen LogP contribution in [-0.2, 0) is 19.0 Å². The van der Waals surface area contributed by atoms with Crippen molar-refractivity contribution in [1.29, 1.82) is 0 Å². The zero-order chi connectivity index (χ0) is 17.4. The van der Waals surface area contributed by atoms with Crippen LogP contribution in [0.2, 0.25) is 0 Å². The summed E-state index contributed by atoms with van der Waals surface area (Å²) < 4.78 is 5.03. The Morgan fingerprint density at radius 1 is 0.917 bits per heavy atom. The van der Waals surface area contributed by atoms with E-state index >= 15 is 0 Å². The molecule has 0 saturated carbocycles. The second-order valence-electron chi connectivity index (χ2n) is 7.90. The van der Waals surface area contributed by atoms with Crippen molar-refractivity contribution in [1.82, 2.24) is 4.57 Å². The highest BCUT2D eigenvalue weighted by atomic mass is 15.2. The molecule has 0 amide bonds. The van der Waals surface area contributed by atoms with Gasteiger partial charge >= 0.3 is 0 Å². The summed E-state index contributed by atoms with van der Waals surface area (Å²) in [5.74, 6) is 1.41. The first-order valence-electron chi connectivity index (χ1n) is 8.85. The smallest absolute Gasteiger partial charge is 0.229 e. The number of hydrogen-bond acceptors (Lipinski definition) is 0. The lowest BCUT2D eigenvalue weighted by Gasteiger charge is -2.31. The fourth-order valence-corrected chi connectivity index (χ4v) is 4.73. The first-order valence-corrected chi connectivity index (χ1v) is 8.85. The number of aryl methyl sites for hydroxylation is 3. The van der Waals surface area contributed by atoms with Gasteiger partial charge in [0.25, 0.3) is 5.82 Å². The molecule has 24 heavy (non-hydrogen) atoms. The van der Waals surface area contributed by atoms with Gasteiger partial charge in [0.1, 0.15) is 5.54 Å². The van der Waals surface area contributed by atoms with Crippen molar-refractivity contribution < 1.29 is 4.57 Å². The SMILES string of the molecule is Cc1c(C)c(C)c2c(c1C)n1c([n+]2C)Cc2ccccc2C1(C)C. The van der Waals surface area contributed by atoms with Crippen LogP contribution < -0.4 is 4.57 Å². The second-order valence-corrected chi connectivity index (χ2v) is 7.90. The third-order valence-corrected chi connectivity index (χ3v) is 6.41. The number of nitrogens with zero attached hydrogens (tertiary/aromatic N) is 2. The lowest BCUT2D eigenvalue weighted by molar-refractivity contribution is -0.654. The molecule has 0 unspecified atom stereocenters. The highest BCUT2D eigenvalue weighted by molar-refractivity contribution is 5.83. The molecule has 0 aliphatic carbocycles. The molecule has 0 bridgehead atoms. The van der Waals surface area contributed by atoms with Gasteiger partial charge in [0.2, 0.25) is 0 Å². The molecular weight excluding hydrogens is 292 g/mol. The molecule has 0 fully saturated rings. The molecule has 0 atom stereocenters. The van der Waals surface area contributed by atoms with Crippen LogP contribution in [0.25, 0.3) is 11.0 Å². The van der Waals surface area contributed by atoms with Crippen LogP contribution in [0.15, 0.2) is 24.3 Å². The van der Waals surface area contributed by atoms with Crippen LogP contribution in [0.3, 0.4) is 0 Å². The summed E-state index contributed by atoms with van der Waals surface area (Å²) in [6.07, 6.45) is 1.00. The predicted molar refractivity (Wildman–Crippen MR) is 99.7 cm³/mol. The average Bonchev–Trinajstić information content (AvgIpc) is 2.85. The Morgan fingerprint density at radius 2 is 1.54 bits per heavy atom. The zero-order valence-corrected chi connectivity index (χ0v) is 15.9. The average molecular weight is 319 g/mol.